The third-order valence-electron chi connectivity index (χ3n) is 1.67. The second-order valence-corrected chi connectivity index (χ2v) is 2.61. The Labute approximate surface area is 80.3 Å². The molecule has 0 saturated carbocycles. The maximum atomic E-state index is 12.8. The molecule has 1 amide bonds. The second-order valence-electron chi connectivity index (χ2n) is 2.61. The van der Waals surface area contributed by atoms with Crippen LogP contribution in [0.4, 0.5) is 9.18 Å². The van der Waals surface area contributed by atoms with Crippen molar-refractivity contribution in [3.63, 3.8) is 0 Å². The predicted molar refractivity (Wildman–Crippen MR) is 47.8 cm³/mol. The molecule has 1 aromatic rings. The number of nitrogens with one attached hydrogen (secondary N) is 1. The fraction of sp³-hybridized carbons (Fsp3) is 0.222. The van der Waals surface area contributed by atoms with Crippen molar-refractivity contribution < 1.29 is 19.0 Å². The number of methoxy groups -OCH3 is 1. The van der Waals surface area contributed by atoms with Gasteiger partial charge in [0, 0.05) is 12.1 Å². The first kappa shape index (κ1) is 10.3. The number of rotatable bonds is 3. The average Bonchev–Trinajstić information content (AvgIpc) is 2.15. The zero-order valence-electron chi connectivity index (χ0n) is 7.58. The first-order valence-corrected chi connectivity index (χ1v) is 3.92. The highest BCUT2D eigenvalue weighted by Gasteiger charge is 2.05. The highest BCUT2D eigenvalue weighted by molar-refractivity contribution is 5.64. The smallest absolute Gasteiger partial charge is 0.404 e. The maximum absolute atomic E-state index is 12.8. The summed E-state index contributed by atoms with van der Waals surface area (Å²) in [6, 6.07) is 3.94. The number of carboxylic acid groups (broad SMARTS) is 1. The van der Waals surface area contributed by atoms with Gasteiger partial charge >= 0.3 is 6.09 Å². The lowest BCUT2D eigenvalue weighted by Crippen LogP contribution is -2.20. The quantitative estimate of drug-likeness (QED) is 0.777. The molecule has 0 bridgehead atoms. The molecule has 0 atom stereocenters. The topological polar surface area (TPSA) is 58.6 Å². The van der Waals surface area contributed by atoms with E-state index in [1.54, 1.807) is 0 Å². The number of amides is 1. The Kier molecular flexibility index (Phi) is 3.28. The number of benzene rings is 1. The van der Waals surface area contributed by atoms with E-state index in [1.807, 2.05) is 0 Å². The Morgan fingerprint density at radius 3 is 2.93 bits per heavy atom. The molecule has 5 heteroatoms. The number of carbonyl (C=O) groups is 1. The molecule has 0 aliphatic rings. The molecule has 0 radical (unpaired) electrons. The van der Waals surface area contributed by atoms with Gasteiger partial charge in [-0.05, 0) is 18.2 Å². The van der Waals surface area contributed by atoms with Crippen LogP contribution in [0.1, 0.15) is 5.56 Å². The van der Waals surface area contributed by atoms with E-state index in [1.165, 1.54) is 25.3 Å². The lowest BCUT2D eigenvalue weighted by atomic mass is 10.2. The Morgan fingerprint density at radius 2 is 2.36 bits per heavy atom. The predicted octanol–water partition coefficient (Wildman–Crippen LogP) is 1.60. The van der Waals surface area contributed by atoms with E-state index in [-0.39, 0.29) is 6.54 Å². The van der Waals surface area contributed by atoms with Crippen molar-refractivity contribution >= 4 is 6.09 Å². The highest BCUT2D eigenvalue weighted by atomic mass is 19.1. The number of hydrogen-bond acceptors (Lipinski definition) is 2. The van der Waals surface area contributed by atoms with Gasteiger partial charge in [-0.25, -0.2) is 9.18 Å². The summed E-state index contributed by atoms with van der Waals surface area (Å²) in [4.78, 5) is 10.2. The first-order chi connectivity index (χ1) is 6.63. The largest absolute Gasteiger partial charge is 0.496 e. The van der Waals surface area contributed by atoms with Crippen molar-refractivity contribution in [1.29, 1.82) is 0 Å². The van der Waals surface area contributed by atoms with Gasteiger partial charge in [0.05, 0.1) is 7.11 Å². The lowest BCUT2D eigenvalue weighted by molar-refractivity contribution is 0.194. The van der Waals surface area contributed by atoms with Crippen molar-refractivity contribution in [3.05, 3.63) is 29.6 Å². The Bertz CT molecular complexity index is 341. The van der Waals surface area contributed by atoms with Crippen LogP contribution in [0.2, 0.25) is 0 Å². The van der Waals surface area contributed by atoms with Crippen LogP contribution < -0.4 is 10.1 Å². The molecule has 0 aliphatic carbocycles. The molecule has 0 heterocycles. The van der Waals surface area contributed by atoms with Crippen LogP contribution in [-0.4, -0.2) is 18.3 Å². The average molecular weight is 199 g/mol. The van der Waals surface area contributed by atoms with E-state index >= 15 is 0 Å². The van der Waals surface area contributed by atoms with E-state index < -0.39 is 11.9 Å². The molecule has 0 aromatic heterocycles. The third-order valence-corrected chi connectivity index (χ3v) is 1.67. The van der Waals surface area contributed by atoms with Crippen LogP contribution in [0.5, 0.6) is 5.75 Å². The summed E-state index contributed by atoms with van der Waals surface area (Å²) in [5, 5.41) is 10.5. The molecule has 14 heavy (non-hydrogen) atoms. The zero-order valence-corrected chi connectivity index (χ0v) is 7.58. The molecular weight excluding hydrogens is 189 g/mol. The van der Waals surface area contributed by atoms with Crippen LogP contribution in [0.25, 0.3) is 0 Å². The lowest BCUT2D eigenvalue weighted by Gasteiger charge is -2.07. The van der Waals surface area contributed by atoms with Gasteiger partial charge in [0.15, 0.2) is 0 Å². The zero-order chi connectivity index (χ0) is 10.6. The molecule has 2 N–H and O–H groups in total. The summed E-state index contributed by atoms with van der Waals surface area (Å²) in [7, 11) is 1.44. The standard InChI is InChI=1S/C9H10FNO3/c1-14-8-3-2-7(10)4-6(8)5-11-9(12)13/h2-4,11H,5H2,1H3,(H,12,13). The van der Waals surface area contributed by atoms with Gasteiger partial charge in [-0.3, -0.25) is 0 Å². The fourth-order valence-corrected chi connectivity index (χ4v) is 1.06. The summed E-state index contributed by atoms with van der Waals surface area (Å²) in [6.45, 7) is 0.0241. The summed E-state index contributed by atoms with van der Waals surface area (Å²) in [5.74, 6) is 0.0353. The molecule has 76 valence electrons. The number of hydrogen-bond donors (Lipinski definition) is 2. The van der Waals surface area contributed by atoms with Crippen LogP contribution in [0.3, 0.4) is 0 Å². The molecule has 1 aromatic carbocycles. The fourth-order valence-electron chi connectivity index (χ4n) is 1.06. The van der Waals surface area contributed by atoms with Crippen molar-refractivity contribution in [2.45, 2.75) is 6.54 Å². The van der Waals surface area contributed by atoms with E-state index in [0.29, 0.717) is 11.3 Å². The minimum atomic E-state index is -1.16. The Balaban J connectivity index is 2.82. The van der Waals surface area contributed by atoms with E-state index in [0.717, 1.165) is 0 Å². The molecule has 4 nitrogen and oxygen atoms in total. The SMILES string of the molecule is COc1ccc(F)cc1CNC(=O)O. The van der Waals surface area contributed by atoms with Crippen LogP contribution >= 0.6 is 0 Å². The van der Waals surface area contributed by atoms with Crippen LogP contribution in [-0.2, 0) is 6.54 Å². The second kappa shape index (κ2) is 4.45. The van der Waals surface area contributed by atoms with Crippen molar-refractivity contribution in [2.75, 3.05) is 7.11 Å². The third kappa shape index (κ3) is 2.62. The van der Waals surface area contributed by atoms with Crippen molar-refractivity contribution in [3.8, 4) is 5.75 Å². The van der Waals surface area contributed by atoms with Gasteiger partial charge in [0.1, 0.15) is 11.6 Å². The van der Waals surface area contributed by atoms with Crippen LogP contribution in [0.15, 0.2) is 18.2 Å². The molecule has 0 aliphatic heterocycles. The number of ether oxygens (including phenoxy) is 1. The van der Waals surface area contributed by atoms with Gasteiger partial charge in [0.2, 0.25) is 0 Å². The Morgan fingerprint density at radius 1 is 1.64 bits per heavy atom. The summed E-state index contributed by atoms with van der Waals surface area (Å²) in [5.41, 5.74) is 0.468. The minimum Gasteiger partial charge on any atom is -0.496 e. The maximum Gasteiger partial charge on any atom is 0.404 e. The van der Waals surface area contributed by atoms with Gasteiger partial charge in [-0.2, -0.15) is 0 Å². The Hall–Kier alpha value is -1.78. The molecule has 0 spiro atoms. The summed E-state index contributed by atoms with van der Waals surface area (Å²) in [6.07, 6.45) is -1.16. The molecular formula is C9H10FNO3. The van der Waals surface area contributed by atoms with Crippen molar-refractivity contribution in [2.24, 2.45) is 0 Å². The first-order valence-electron chi connectivity index (χ1n) is 3.92. The normalized spacial score (nSPS) is 9.57. The van der Waals surface area contributed by atoms with Gasteiger partial charge < -0.3 is 15.2 Å². The summed E-state index contributed by atoms with van der Waals surface area (Å²) < 4.78 is 17.7. The molecule has 0 fully saturated rings. The molecule has 0 saturated heterocycles. The summed E-state index contributed by atoms with van der Waals surface area (Å²) >= 11 is 0. The van der Waals surface area contributed by atoms with Crippen molar-refractivity contribution in [1.82, 2.24) is 5.32 Å². The van der Waals surface area contributed by atoms with E-state index in [2.05, 4.69) is 5.32 Å². The highest BCUT2D eigenvalue weighted by Crippen LogP contribution is 2.18. The van der Waals surface area contributed by atoms with E-state index in [4.69, 9.17) is 9.84 Å². The monoisotopic (exact) mass is 199 g/mol. The van der Waals surface area contributed by atoms with Crippen LogP contribution in [0, 0.1) is 5.82 Å². The molecule has 1 rings (SSSR count). The van der Waals surface area contributed by atoms with Gasteiger partial charge in [-0.15, -0.1) is 0 Å². The number of halogens is 1. The van der Waals surface area contributed by atoms with E-state index in [9.17, 15) is 9.18 Å². The molecule has 0 unspecified atom stereocenters. The van der Waals surface area contributed by atoms with Gasteiger partial charge in [0.25, 0.3) is 0 Å². The minimum absolute atomic E-state index is 0.0241. The van der Waals surface area contributed by atoms with Gasteiger partial charge in [-0.1, -0.05) is 0 Å².